The van der Waals surface area contributed by atoms with Gasteiger partial charge in [-0.05, 0) is 55.7 Å². The highest BCUT2D eigenvalue weighted by Gasteiger charge is 2.30. The molecule has 31 heavy (non-hydrogen) atoms. The van der Waals surface area contributed by atoms with Crippen molar-refractivity contribution in [3.8, 4) is 5.00 Å². The SMILES string of the molecule is Cc1nnc2n1-c1sc3c(c1C(c1ccc(CCc4ccccc4)cc1)=NC2)CCC3. The second kappa shape index (κ2) is 7.57. The van der Waals surface area contributed by atoms with Crippen LogP contribution in [-0.4, -0.2) is 20.5 Å². The van der Waals surface area contributed by atoms with Crippen LogP contribution < -0.4 is 0 Å². The molecule has 0 amide bonds. The van der Waals surface area contributed by atoms with Crippen molar-refractivity contribution in [2.24, 2.45) is 4.99 Å². The molecule has 0 unspecified atom stereocenters. The molecule has 0 bridgehead atoms. The Morgan fingerprint density at radius 2 is 1.68 bits per heavy atom. The van der Waals surface area contributed by atoms with Crippen LogP contribution in [0.4, 0.5) is 0 Å². The van der Waals surface area contributed by atoms with Gasteiger partial charge in [0, 0.05) is 16.0 Å². The van der Waals surface area contributed by atoms with Crippen LogP contribution in [0.2, 0.25) is 0 Å². The number of nitrogens with zero attached hydrogens (tertiary/aromatic N) is 4. The molecular formula is C26H24N4S. The number of aromatic nitrogens is 3. The molecule has 4 nitrogen and oxygen atoms in total. The van der Waals surface area contributed by atoms with E-state index in [-0.39, 0.29) is 0 Å². The van der Waals surface area contributed by atoms with E-state index in [0.29, 0.717) is 6.54 Å². The maximum atomic E-state index is 5.06. The third-order valence-electron chi connectivity index (χ3n) is 6.39. The number of benzene rings is 2. The maximum Gasteiger partial charge on any atom is 0.160 e. The second-order valence-electron chi connectivity index (χ2n) is 8.38. The molecule has 154 valence electrons. The van der Waals surface area contributed by atoms with E-state index >= 15 is 0 Å². The van der Waals surface area contributed by atoms with Crippen LogP contribution in [0.15, 0.2) is 59.6 Å². The summed E-state index contributed by atoms with van der Waals surface area (Å²) in [6.45, 7) is 2.61. The number of hydrogen-bond donors (Lipinski definition) is 0. The molecule has 0 fully saturated rings. The molecule has 2 aliphatic rings. The van der Waals surface area contributed by atoms with Crippen LogP contribution in [-0.2, 0) is 32.2 Å². The van der Waals surface area contributed by atoms with Crippen LogP contribution in [0.5, 0.6) is 0 Å². The van der Waals surface area contributed by atoms with Gasteiger partial charge in [-0.25, -0.2) is 0 Å². The fourth-order valence-electron chi connectivity index (χ4n) is 4.79. The topological polar surface area (TPSA) is 43.1 Å². The molecule has 3 heterocycles. The quantitative estimate of drug-likeness (QED) is 0.448. The van der Waals surface area contributed by atoms with Gasteiger partial charge in [0.2, 0.25) is 0 Å². The summed E-state index contributed by atoms with van der Waals surface area (Å²) in [7, 11) is 0. The molecule has 1 aliphatic carbocycles. The molecule has 4 aromatic rings. The van der Waals surface area contributed by atoms with E-state index in [2.05, 4.69) is 69.4 Å². The first-order valence-electron chi connectivity index (χ1n) is 11.0. The minimum atomic E-state index is 0.572. The molecule has 2 aromatic heterocycles. The summed E-state index contributed by atoms with van der Waals surface area (Å²) < 4.78 is 2.23. The number of thiophene rings is 1. The van der Waals surface area contributed by atoms with E-state index in [0.717, 1.165) is 36.6 Å². The first-order chi connectivity index (χ1) is 15.3. The molecule has 2 aromatic carbocycles. The van der Waals surface area contributed by atoms with Gasteiger partial charge in [-0.3, -0.25) is 9.56 Å². The average Bonchev–Trinajstić information content (AvgIpc) is 3.47. The highest BCUT2D eigenvalue weighted by atomic mass is 32.1. The Morgan fingerprint density at radius 3 is 2.48 bits per heavy atom. The van der Waals surface area contributed by atoms with Crippen molar-refractivity contribution in [3.63, 3.8) is 0 Å². The first kappa shape index (κ1) is 18.7. The lowest BCUT2D eigenvalue weighted by Crippen LogP contribution is -2.08. The average molecular weight is 425 g/mol. The first-order valence-corrected chi connectivity index (χ1v) is 11.8. The van der Waals surface area contributed by atoms with E-state index < -0.39 is 0 Å². The van der Waals surface area contributed by atoms with Crippen molar-refractivity contribution >= 4 is 17.0 Å². The van der Waals surface area contributed by atoms with Gasteiger partial charge in [-0.15, -0.1) is 21.5 Å². The lowest BCUT2D eigenvalue weighted by Gasteiger charge is -2.11. The van der Waals surface area contributed by atoms with Gasteiger partial charge in [-0.1, -0.05) is 54.6 Å². The van der Waals surface area contributed by atoms with Gasteiger partial charge in [0.15, 0.2) is 5.82 Å². The molecule has 0 radical (unpaired) electrons. The van der Waals surface area contributed by atoms with Gasteiger partial charge < -0.3 is 0 Å². The molecule has 0 saturated carbocycles. The van der Waals surface area contributed by atoms with Crippen molar-refractivity contribution < 1.29 is 0 Å². The summed E-state index contributed by atoms with van der Waals surface area (Å²) in [6, 6.07) is 19.7. The molecule has 0 atom stereocenters. The van der Waals surface area contributed by atoms with E-state index in [1.165, 1.54) is 50.5 Å². The number of fused-ring (bicyclic) bond motifs is 5. The van der Waals surface area contributed by atoms with Gasteiger partial charge in [0.1, 0.15) is 17.4 Å². The highest BCUT2D eigenvalue weighted by Crippen LogP contribution is 2.41. The zero-order valence-electron chi connectivity index (χ0n) is 17.6. The molecule has 1 aliphatic heterocycles. The predicted molar refractivity (Wildman–Crippen MR) is 126 cm³/mol. The van der Waals surface area contributed by atoms with E-state index in [1.54, 1.807) is 0 Å². The molecule has 0 saturated heterocycles. The normalized spacial score (nSPS) is 14.5. The molecular weight excluding hydrogens is 400 g/mol. The third-order valence-corrected chi connectivity index (χ3v) is 7.66. The predicted octanol–water partition coefficient (Wildman–Crippen LogP) is 5.26. The van der Waals surface area contributed by atoms with Crippen molar-refractivity contribution in [3.05, 3.63) is 98.9 Å². The van der Waals surface area contributed by atoms with Gasteiger partial charge in [-0.2, -0.15) is 0 Å². The minimum Gasteiger partial charge on any atom is -0.276 e. The fourth-order valence-corrected chi connectivity index (χ4v) is 6.25. The monoisotopic (exact) mass is 424 g/mol. The Balaban J connectivity index is 1.35. The number of aryl methyl sites for hydroxylation is 4. The molecule has 5 heteroatoms. The van der Waals surface area contributed by atoms with Gasteiger partial charge in [0.25, 0.3) is 0 Å². The van der Waals surface area contributed by atoms with Crippen molar-refractivity contribution in [2.45, 2.75) is 45.6 Å². The smallest absolute Gasteiger partial charge is 0.160 e. The van der Waals surface area contributed by atoms with E-state index in [9.17, 15) is 0 Å². The van der Waals surface area contributed by atoms with Crippen LogP contribution >= 0.6 is 11.3 Å². The van der Waals surface area contributed by atoms with Gasteiger partial charge >= 0.3 is 0 Å². The fraction of sp³-hybridized carbons (Fsp3) is 0.269. The summed E-state index contributed by atoms with van der Waals surface area (Å²) >= 11 is 1.91. The van der Waals surface area contributed by atoms with Crippen LogP contribution in [0.25, 0.3) is 5.00 Å². The lowest BCUT2D eigenvalue weighted by atomic mass is 9.97. The summed E-state index contributed by atoms with van der Waals surface area (Å²) in [6.07, 6.45) is 5.68. The van der Waals surface area contributed by atoms with Crippen LogP contribution in [0.3, 0.4) is 0 Å². The Labute approximate surface area is 186 Å². The molecule has 0 N–H and O–H groups in total. The third kappa shape index (κ3) is 3.24. The van der Waals surface area contributed by atoms with Gasteiger partial charge in [0.05, 0.1) is 5.71 Å². The summed E-state index contributed by atoms with van der Waals surface area (Å²) in [5, 5.41) is 9.99. The standard InChI is InChI=1S/C26H24N4S/c1-17-28-29-23-16-27-25(24-21-8-5-9-22(21)31-26(24)30(17)23)20-14-12-19(13-15-20)11-10-18-6-3-2-4-7-18/h2-4,6-7,12-15H,5,8-11,16H2,1H3. The number of hydrogen-bond acceptors (Lipinski definition) is 4. The minimum absolute atomic E-state index is 0.572. The van der Waals surface area contributed by atoms with Crippen molar-refractivity contribution in [2.75, 3.05) is 0 Å². The van der Waals surface area contributed by atoms with Crippen LogP contribution in [0, 0.1) is 6.92 Å². The second-order valence-corrected chi connectivity index (χ2v) is 9.47. The number of aliphatic imine (C=N–C) groups is 1. The Kier molecular flexibility index (Phi) is 4.57. The Bertz CT molecular complexity index is 1280. The number of rotatable bonds is 4. The zero-order chi connectivity index (χ0) is 20.8. The summed E-state index contributed by atoms with van der Waals surface area (Å²) in [5.41, 5.74) is 7.88. The summed E-state index contributed by atoms with van der Waals surface area (Å²) in [5.74, 6) is 1.89. The van der Waals surface area contributed by atoms with Crippen LogP contribution in [0.1, 0.15) is 50.8 Å². The molecule has 0 spiro atoms. The Morgan fingerprint density at radius 1 is 0.903 bits per heavy atom. The highest BCUT2D eigenvalue weighted by molar-refractivity contribution is 7.15. The summed E-state index contributed by atoms with van der Waals surface area (Å²) in [4.78, 5) is 6.57. The van der Waals surface area contributed by atoms with Crippen molar-refractivity contribution in [1.82, 2.24) is 14.8 Å². The van der Waals surface area contributed by atoms with E-state index in [4.69, 9.17) is 4.99 Å². The molecule has 6 rings (SSSR count). The zero-order valence-corrected chi connectivity index (χ0v) is 18.5. The Hall–Kier alpha value is -3.05. The maximum absolute atomic E-state index is 5.06. The lowest BCUT2D eigenvalue weighted by molar-refractivity contribution is 0.868. The largest absolute Gasteiger partial charge is 0.276 e. The van der Waals surface area contributed by atoms with E-state index in [1.807, 2.05) is 18.3 Å². The van der Waals surface area contributed by atoms with Crippen molar-refractivity contribution in [1.29, 1.82) is 0 Å².